The van der Waals surface area contributed by atoms with Gasteiger partial charge < -0.3 is 5.32 Å². The molecule has 110 valence electrons. The van der Waals surface area contributed by atoms with E-state index >= 15 is 0 Å². The van der Waals surface area contributed by atoms with Crippen LogP contribution in [0.4, 0.5) is 8.78 Å². The minimum absolute atomic E-state index is 0.104. The summed E-state index contributed by atoms with van der Waals surface area (Å²) >= 11 is 0. The van der Waals surface area contributed by atoms with E-state index in [-0.39, 0.29) is 17.7 Å². The van der Waals surface area contributed by atoms with Crippen LogP contribution < -0.4 is 5.32 Å². The molecule has 1 aliphatic rings. The van der Waals surface area contributed by atoms with E-state index in [1.165, 1.54) is 18.2 Å². The van der Waals surface area contributed by atoms with Gasteiger partial charge in [0.15, 0.2) is 0 Å². The van der Waals surface area contributed by atoms with Crippen molar-refractivity contribution in [1.82, 2.24) is 5.32 Å². The molecule has 2 aromatic carbocycles. The second-order valence-electron chi connectivity index (χ2n) is 5.83. The number of hydrogen-bond acceptors (Lipinski definition) is 1. The lowest BCUT2D eigenvalue weighted by molar-refractivity contribution is 0.266. The molecular weight excluding hydrogens is 268 g/mol. The van der Waals surface area contributed by atoms with Gasteiger partial charge in [0.2, 0.25) is 0 Å². The Labute approximate surface area is 124 Å². The Morgan fingerprint density at radius 3 is 2.33 bits per heavy atom. The van der Waals surface area contributed by atoms with Gasteiger partial charge in [-0.05, 0) is 55.0 Å². The molecule has 1 saturated carbocycles. The zero-order valence-corrected chi connectivity index (χ0v) is 12.0. The summed E-state index contributed by atoms with van der Waals surface area (Å²) in [5.41, 5.74) is 1.90. The second-order valence-corrected chi connectivity index (χ2v) is 5.83. The molecule has 0 aliphatic heterocycles. The quantitative estimate of drug-likeness (QED) is 0.869. The first kappa shape index (κ1) is 14.2. The molecule has 1 atom stereocenters. The Balaban J connectivity index is 1.55. The summed E-state index contributed by atoms with van der Waals surface area (Å²) in [5, 5.41) is 3.53. The molecule has 1 aliphatic carbocycles. The molecule has 2 aromatic rings. The molecule has 1 fully saturated rings. The van der Waals surface area contributed by atoms with Crippen LogP contribution in [-0.4, -0.2) is 6.04 Å². The highest BCUT2D eigenvalue weighted by Gasteiger charge is 2.32. The third-order valence-electron chi connectivity index (χ3n) is 4.34. The van der Waals surface area contributed by atoms with E-state index in [2.05, 4.69) is 12.2 Å². The normalized spacial score (nSPS) is 22.6. The van der Waals surface area contributed by atoms with Crippen molar-refractivity contribution in [3.8, 4) is 0 Å². The van der Waals surface area contributed by atoms with Crippen molar-refractivity contribution in [3.05, 3.63) is 71.3 Å². The van der Waals surface area contributed by atoms with Gasteiger partial charge >= 0.3 is 0 Å². The van der Waals surface area contributed by atoms with Crippen LogP contribution in [0.5, 0.6) is 0 Å². The lowest BCUT2D eigenvalue weighted by atomic mass is 9.75. The second kappa shape index (κ2) is 5.94. The van der Waals surface area contributed by atoms with E-state index in [0.29, 0.717) is 12.0 Å². The molecule has 0 spiro atoms. The third kappa shape index (κ3) is 3.13. The van der Waals surface area contributed by atoms with Crippen molar-refractivity contribution in [2.45, 2.75) is 37.8 Å². The first-order valence-electron chi connectivity index (χ1n) is 7.39. The van der Waals surface area contributed by atoms with Gasteiger partial charge in [-0.3, -0.25) is 0 Å². The molecule has 0 radical (unpaired) electrons. The first-order valence-corrected chi connectivity index (χ1v) is 7.39. The van der Waals surface area contributed by atoms with Crippen LogP contribution in [0, 0.1) is 11.6 Å². The van der Waals surface area contributed by atoms with Gasteiger partial charge in [-0.2, -0.15) is 0 Å². The third-order valence-corrected chi connectivity index (χ3v) is 4.34. The molecule has 0 amide bonds. The fourth-order valence-corrected chi connectivity index (χ4v) is 3.02. The number of halogens is 2. The first-order chi connectivity index (χ1) is 10.1. The van der Waals surface area contributed by atoms with Crippen LogP contribution in [0.2, 0.25) is 0 Å². The minimum Gasteiger partial charge on any atom is -0.307 e. The monoisotopic (exact) mass is 287 g/mol. The summed E-state index contributed by atoms with van der Waals surface area (Å²) in [6.07, 6.45) is 1.90. The van der Waals surface area contributed by atoms with Crippen LogP contribution in [-0.2, 0) is 0 Å². The van der Waals surface area contributed by atoms with Crippen LogP contribution in [0.15, 0.2) is 48.5 Å². The van der Waals surface area contributed by atoms with Crippen molar-refractivity contribution in [2.75, 3.05) is 0 Å². The SMILES string of the molecule is C[C@H](NC1CC(c2ccccc2F)C1)c1ccc(F)cc1. The Hall–Kier alpha value is -1.74. The summed E-state index contributed by atoms with van der Waals surface area (Å²) in [4.78, 5) is 0. The summed E-state index contributed by atoms with van der Waals surface area (Å²) in [6.45, 7) is 2.07. The Bertz CT molecular complexity index is 603. The van der Waals surface area contributed by atoms with Crippen molar-refractivity contribution < 1.29 is 8.78 Å². The van der Waals surface area contributed by atoms with Gasteiger partial charge in [0.25, 0.3) is 0 Å². The topological polar surface area (TPSA) is 12.0 Å². The Morgan fingerprint density at radius 2 is 1.67 bits per heavy atom. The molecule has 21 heavy (non-hydrogen) atoms. The lowest BCUT2D eigenvalue weighted by Gasteiger charge is -2.38. The maximum Gasteiger partial charge on any atom is 0.126 e. The highest BCUT2D eigenvalue weighted by molar-refractivity contribution is 5.25. The van der Waals surface area contributed by atoms with Gasteiger partial charge in [-0.25, -0.2) is 8.78 Å². The van der Waals surface area contributed by atoms with E-state index in [9.17, 15) is 8.78 Å². The maximum absolute atomic E-state index is 13.7. The summed E-state index contributed by atoms with van der Waals surface area (Å²) in [5.74, 6) is -0.00846. The van der Waals surface area contributed by atoms with Gasteiger partial charge in [0.1, 0.15) is 11.6 Å². The molecule has 0 aromatic heterocycles. The van der Waals surface area contributed by atoms with E-state index in [4.69, 9.17) is 0 Å². The molecule has 0 saturated heterocycles. The molecule has 1 N–H and O–H groups in total. The molecule has 0 unspecified atom stereocenters. The fourth-order valence-electron chi connectivity index (χ4n) is 3.02. The Kier molecular flexibility index (Phi) is 4.02. The summed E-state index contributed by atoms with van der Waals surface area (Å²) < 4.78 is 26.6. The van der Waals surface area contributed by atoms with Gasteiger partial charge in [0, 0.05) is 12.1 Å². The highest BCUT2D eigenvalue weighted by atomic mass is 19.1. The Morgan fingerprint density at radius 1 is 1.00 bits per heavy atom. The van der Waals surface area contributed by atoms with Gasteiger partial charge in [-0.15, -0.1) is 0 Å². The van der Waals surface area contributed by atoms with Crippen molar-refractivity contribution >= 4 is 0 Å². The average Bonchev–Trinajstić information content (AvgIpc) is 2.44. The van der Waals surface area contributed by atoms with Crippen molar-refractivity contribution in [3.63, 3.8) is 0 Å². The zero-order valence-electron chi connectivity index (χ0n) is 12.0. The molecule has 0 bridgehead atoms. The molecule has 3 heteroatoms. The van der Waals surface area contributed by atoms with Crippen LogP contribution in [0.1, 0.15) is 42.9 Å². The number of rotatable bonds is 4. The van der Waals surface area contributed by atoms with E-state index in [1.54, 1.807) is 18.2 Å². The molecule has 3 rings (SSSR count). The number of nitrogens with one attached hydrogen (secondary N) is 1. The minimum atomic E-state index is -0.214. The summed E-state index contributed by atoms with van der Waals surface area (Å²) in [6, 6.07) is 14.2. The zero-order chi connectivity index (χ0) is 14.8. The van der Waals surface area contributed by atoms with Crippen LogP contribution in [0.3, 0.4) is 0 Å². The number of benzene rings is 2. The smallest absolute Gasteiger partial charge is 0.126 e. The largest absolute Gasteiger partial charge is 0.307 e. The number of hydrogen-bond donors (Lipinski definition) is 1. The molecular formula is C18H19F2N. The predicted octanol–water partition coefficient (Wildman–Crippen LogP) is 4.56. The predicted molar refractivity (Wildman–Crippen MR) is 80.1 cm³/mol. The van der Waals surface area contributed by atoms with E-state index in [1.807, 2.05) is 12.1 Å². The average molecular weight is 287 g/mol. The van der Waals surface area contributed by atoms with E-state index < -0.39 is 0 Å². The summed E-state index contributed by atoms with van der Waals surface area (Å²) in [7, 11) is 0. The highest BCUT2D eigenvalue weighted by Crippen LogP contribution is 2.38. The molecule has 0 heterocycles. The fraction of sp³-hybridized carbons (Fsp3) is 0.333. The van der Waals surface area contributed by atoms with Crippen LogP contribution >= 0.6 is 0 Å². The lowest BCUT2D eigenvalue weighted by Crippen LogP contribution is -2.41. The standard InChI is InChI=1S/C18H19F2N/c1-12(13-6-8-15(19)9-7-13)21-16-10-14(11-16)17-4-2-3-5-18(17)20/h2-9,12,14,16,21H,10-11H2,1H3/t12-,14?,16?/m0/s1. The van der Waals surface area contributed by atoms with Gasteiger partial charge in [-0.1, -0.05) is 30.3 Å². The van der Waals surface area contributed by atoms with Crippen LogP contribution in [0.25, 0.3) is 0 Å². The van der Waals surface area contributed by atoms with Crippen molar-refractivity contribution in [1.29, 1.82) is 0 Å². The van der Waals surface area contributed by atoms with E-state index in [0.717, 1.165) is 24.0 Å². The molecule has 1 nitrogen and oxygen atoms in total. The van der Waals surface area contributed by atoms with Gasteiger partial charge in [0.05, 0.1) is 0 Å². The van der Waals surface area contributed by atoms with Crippen molar-refractivity contribution in [2.24, 2.45) is 0 Å². The maximum atomic E-state index is 13.7.